The molecule has 3 aromatic rings. The van der Waals surface area contributed by atoms with E-state index in [1.54, 1.807) is 12.1 Å². The number of fused-ring (bicyclic) bond motifs is 1. The van der Waals surface area contributed by atoms with Crippen LogP contribution in [-0.2, 0) is 0 Å². The van der Waals surface area contributed by atoms with Gasteiger partial charge in [-0.1, -0.05) is 36.4 Å². The lowest BCUT2D eigenvalue weighted by atomic mass is 10.1. The highest BCUT2D eigenvalue weighted by atomic mass is 16.7. The van der Waals surface area contributed by atoms with Crippen molar-refractivity contribution in [2.75, 3.05) is 0 Å². The number of carbonyl (C=O) groups excluding carboxylic acids is 1. The quantitative estimate of drug-likeness (QED) is 0.311. The molecule has 3 aromatic carbocycles. The summed E-state index contributed by atoms with van der Waals surface area (Å²) in [6.07, 6.45) is -0.907. The smallest absolute Gasteiger partial charge is 0.395 e. The van der Waals surface area contributed by atoms with Crippen LogP contribution in [0, 0.1) is 10.1 Å². The van der Waals surface area contributed by atoms with Gasteiger partial charge in [-0.25, -0.2) is 4.79 Å². The van der Waals surface area contributed by atoms with Gasteiger partial charge >= 0.3 is 6.16 Å². The first-order chi connectivity index (χ1) is 11.1. The molecule has 0 radical (unpaired) electrons. The zero-order valence-corrected chi connectivity index (χ0v) is 11.8. The Morgan fingerprint density at radius 2 is 1.57 bits per heavy atom. The molecule has 0 aliphatic heterocycles. The third-order valence-electron chi connectivity index (χ3n) is 3.19. The van der Waals surface area contributed by atoms with Gasteiger partial charge in [0.15, 0.2) is 0 Å². The number of non-ortho nitro benzene ring substituents is 1. The Balaban J connectivity index is 1.75. The fourth-order valence-electron chi connectivity index (χ4n) is 2.13. The highest BCUT2D eigenvalue weighted by molar-refractivity contribution is 5.89. The van der Waals surface area contributed by atoms with Crippen LogP contribution >= 0.6 is 0 Å². The van der Waals surface area contributed by atoms with Gasteiger partial charge in [0, 0.05) is 17.5 Å². The molecule has 0 spiro atoms. The predicted octanol–water partition coefficient (Wildman–Crippen LogP) is 4.33. The Bertz CT molecular complexity index is 868. The molecule has 0 saturated carbocycles. The number of carbonyl (C=O) groups is 1. The largest absolute Gasteiger partial charge is 0.519 e. The van der Waals surface area contributed by atoms with E-state index in [9.17, 15) is 14.9 Å². The van der Waals surface area contributed by atoms with Crippen molar-refractivity contribution in [1.29, 1.82) is 0 Å². The maximum absolute atomic E-state index is 11.9. The molecule has 114 valence electrons. The second-order valence-electron chi connectivity index (χ2n) is 4.68. The SMILES string of the molecule is O=C(Oc1ccc([N+](=O)[O-])cc1)Oc1cccc2ccccc12. The minimum Gasteiger partial charge on any atom is -0.395 e. The van der Waals surface area contributed by atoms with Crippen LogP contribution in [0.3, 0.4) is 0 Å². The molecule has 3 rings (SSSR count). The standard InChI is InChI=1S/C17H11NO5/c19-17(22-14-10-8-13(9-11-14)18(20)21)23-16-7-3-5-12-4-1-2-6-15(12)16/h1-11H. The van der Waals surface area contributed by atoms with E-state index < -0.39 is 11.1 Å². The van der Waals surface area contributed by atoms with Crippen LogP contribution in [0.15, 0.2) is 66.7 Å². The van der Waals surface area contributed by atoms with Crippen molar-refractivity contribution in [3.63, 3.8) is 0 Å². The summed E-state index contributed by atoms with van der Waals surface area (Å²) in [5.74, 6) is 0.552. The normalized spacial score (nSPS) is 10.3. The van der Waals surface area contributed by atoms with Crippen molar-refractivity contribution in [2.24, 2.45) is 0 Å². The third-order valence-corrected chi connectivity index (χ3v) is 3.19. The van der Waals surface area contributed by atoms with E-state index >= 15 is 0 Å². The van der Waals surface area contributed by atoms with Crippen LogP contribution in [-0.4, -0.2) is 11.1 Å². The summed E-state index contributed by atoms with van der Waals surface area (Å²) in [6.45, 7) is 0. The maximum atomic E-state index is 11.9. The summed E-state index contributed by atoms with van der Waals surface area (Å²) < 4.78 is 10.2. The molecule has 0 amide bonds. The predicted molar refractivity (Wildman–Crippen MR) is 83.7 cm³/mol. The van der Waals surface area contributed by atoms with E-state index in [4.69, 9.17) is 9.47 Å². The summed E-state index contributed by atoms with van der Waals surface area (Å²) in [7, 11) is 0. The van der Waals surface area contributed by atoms with E-state index in [1.807, 2.05) is 30.3 Å². The molecular formula is C17H11NO5. The van der Waals surface area contributed by atoms with Crippen molar-refractivity contribution in [2.45, 2.75) is 0 Å². The lowest BCUT2D eigenvalue weighted by Crippen LogP contribution is -2.13. The number of hydrogen-bond donors (Lipinski definition) is 0. The van der Waals surface area contributed by atoms with Gasteiger partial charge in [0.2, 0.25) is 0 Å². The van der Waals surface area contributed by atoms with E-state index in [0.29, 0.717) is 5.75 Å². The van der Waals surface area contributed by atoms with Gasteiger partial charge < -0.3 is 9.47 Å². The topological polar surface area (TPSA) is 78.7 Å². The lowest BCUT2D eigenvalue weighted by molar-refractivity contribution is -0.384. The van der Waals surface area contributed by atoms with E-state index in [1.165, 1.54) is 24.3 Å². The number of nitrogens with zero attached hydrogens (tertiary/aromatic N) is 1. The highest BCUT2D eigenvalue weighted by Crippen LogP contribution is 2.26. The summed E-state index contributed by atoms with van der Waals surface area (Å²) in [5, 5.41) is 12.3. The molecule has 0 unspecified atom stereocenters. The van der Waals surface area contributed by atoms with Crippen LogP contribution in [0.2, 0.25) is 0 Å². The second kappa shape index (κ2) is 6.15. The Hall–Kier alpha value is -3.41. The van der Waals surface area contributed by atoms with Gasteiger partial charge in [-0.2, -0.15) is 0 Å². The zero-order valence-electron chi connectivity index (χ0n) is 11.8. The van der Waals surface area contributed by atoms with Crippen molar-refractivity contribution in [3.05, 3.63) is 76.8 Å². The van der Waals surface area contributed by atoms with Gasteiger partial charge in [-0.3, -0.25) is 10.1 Å². The summed E-state index contributed by atoms with van der Waals surface area (Å²) >= 11 is 0. The van der Waals surface area contributed by atoms with Gasteiger partial charge in [0.05, 0.1) is 4.92 Å². The second-order valence-corrected chi connectivity index (χ2v) is 4.68. The summed E-state index contributed by atoms with van der Waals surface area (Å²) in [6, 6.07) is 18.0. The average molecular weight is 309 g/mol. The van der Waals surface area contributed by atoms with Gasteiger partial charge in [0.25, 0.3) is 5.69 Å². The molecule has 6 nitrogen and oxygen atoms in total. The first kappa shape index (κ1) is 14.5. The number of rotatable bonds is 3. The molecule has 0 heterocycles. The van der Waals surface area contributed by atoms with Gasteiger partial charge in [0.1, 0.15) is 11.5 Å². The minimum atomic E-state index is -0.907. The van der Waals surface area contributed by atoms with Crippen LogP contribution < -0.4 is 9.47 Å². The number of hydrogen-bond acceptors (Lipinski definition) is 5. The molecule has 0 saturated heterocycles. The molecule has 0 atom stereocenters. The number of nitro groups is 1. The molecule has 6 heteroatoms. The Morgan fingerprint density at radius 1 is 0.870 bits per heavy atom. The fourth-order valence-corrected chi connectivity index (χ4v) is 2.13. The molecule has 0 N–H and O–H groups in total. The van der Waals surface area contributed by atoms with E-state index in [0.717, 1.165) is 10.8 Å². The molecule has 0 bridgehead atoms. The van der Waals surface area contributed by atoms with Crippen molar-refractivity contribution in [3.8, 4) is 11.5 Å². The number of nitro benzene ring substituents is 1. The molecule has 0 aromatic heterocycles. The average Bonchev–Trinajstić information content (AvgIpc) is 2.55. The maximum Gasteiger partial charge on any atom is 0.519 e. The van der Waals surface area contributed by atoms with Gasteiger partial charge in [-0.15, -0.1) is 0 Å². The van der Waals surface area contributed by atoms with Crippen LogP contribution in [0.25, 0.3) is 10.8 Å². The summed E-state index contributed by atoms with van der Waals surface area (Å²) in [4.78, 5) is 21.9. The minimum absolute atomic E-state index is 0.0835. The molecule has 0 aliphatic rings. The Labute approximate surface area is 131 Å². The monoisotopic (exact) mass is 309 g/mol. The Morgan fingerprint density at radius 3 is 2.30 bits per heavy atom. The zero-order chi connectivity index (χ0) is 16.2. The van der Waals surface area contributed by atoms with Crippen LogP contribution in [0.1, 0.15) is 0 Å². The molecule has 23 heavy (non-hydrogen) atoms. The van der Waals surface area contributed by atoms with Crippen LogP contribution in [0.4, 0.5) is 10.5 Å². The lowest BCUT2D eigenvalue weighted by Gasteiger charge is -2.08. The van der Waals surface area contributed by atoms with Crippen molar-refractivity contribution >= 4 is 22.6 Å². The molecule has 0 fully saturated rings. The fraction of sp³-hybridized carbons (Fsp3) is 0. The van der Waals surface area contributed by atoms with Crippen molar-refractivity contribution < 1.29 is 19.2 Å². The summed E-state index contributed by atoms with van der Waals surface area (Å²) in [5.41, 5.74) is -0.0835. The Kier molecular flexibility index (Phi) is 3.88. The highest BCUT2D eigenvalue weighted by Gasteiger charge is 2.11. The van der Waals surface area contributed by atoms with Crippen LogP contribution in [0.5, 0.6) is 11.5 Å². The molecule has 0 aliphatic carbocycles. The van der Waals surface area contributed by atoms with E-state index in [2.05, 4.69) is 0 Å². The first-order valence-corrected chi connectivity index (χ1v) is 6.75. The third kappa shape index (κ3) is 3.26. The molecular weight excluding hydrogens is 298 g/mol. The van der Waals surface area contributed by atoms with E-state index in [-0.39, 0.29) is 11.4 Å². The number of ether oxygens (including phenoxy) is 2. The number of benzene rings is 3. The first-order valence-electron chi connectivity index (χ1n) is 6.75. The van der Waals surface area contributed by atoms with Gasteiger partial charge in [-0.05, 0) is 23.6 Å². The van der Waals surface area contributed by atoms with Crippen molar-refractivity contribution in [1.82, 2.24) is 0 Å².